The van der Waals surface area contributed by atoms with E-state index < -0.39 is 0 Å². The lowest BCUT2D eigenvalue weighted by atomic mass is 10.2. The van der Waals surface area contributed by atoms with Crippen molar-refractivity contribution in [2.75, 3.05) is 14.2 Å². The van der Waals surface area contributed by atoms with E-state index >= 15 is 0 Å². The average Bonchev–Trinajstić information content (AvgIpc) is 2.97. The van der Waals surface area contributed by atoms with E-state index in [1.807, 2.05) is 19.2 Å². The fourth-order valence-corrected chi connectivity index (χ4v) is 2.39. The van der Waals surface area contributed by atoms with Crippen LogP contribution in [0.2, 0.25) is 0 Å². The van der Waals surface area contributed by atoms with Crippen molar-refractivity contribution in [3.05, 3.63) is 29.8 Å². The molecule has 1 aromatic rings. The van der Waals surface area contributed by atoms with Gasteiger partial charge < -0.3 is 15.4 Å². The number of hydrogen-bond acceptors (Lipinski definition) is 2. The monoisotopic (exact) mass is 389 g/mol. The zero-order valence-corrected chi connectivity index (χ0v) is 14.5. The molecule has 1 aliphatic rings. The summed E-state index contributed by atoms with van der Waals surface area (Å²) in [7, 11) is 3.50. The average molecular weight is 389 g/mol. The predicted octanol–water partition coefficient (Wildman–Crippen LogP) is 2.92. The molecule has 4 nitrogen and oxygen atoms in total. The van der Waals surface area contributed by atoms with Crippen LogP contribution in [0.5, 0.6) is 5.75 Å². The van der Waals surface area contributed by atoms with E-state index in [0.29, 0.717) is 6.04 Å². The molecule has 0 bridgehead atoms. The van der Waals surface area contributed by atoms with Gasteiger partial charge in [0.05, 0.1) is 7.11 Å². The van der Waals surface area contributed by atoms with Crippen LogP contribution in [0.4, 0.5) is 0 Å². The van der Waals surface area contributed by atoms with Gasteiger partial charge in [0.1, 0.15) is 5.75 Å². The summed E-state index contributed by atoms with van der Waals surface area (Å²) in [6.45, 7) is 0.774. The Labute approximate surface area is 138 Å². The van der Waals surface area contributed by atoms with Crippen molar-refractivity contribution in [3.8, 4) is 5.75 Å². The molecule has 0 heterocycles. The molecule has 112 valence electrons. The van der Waals surface area contributed by atoms with Crippen LogP contribution in [0.25, 0.3) is 0 Å². The van der Waals surface area contributed by atoms with Crippen LogP contribution in [0.15, 0.2) is 29.3 Å². The highest BCUT2D eigenvalue weighted by Gasteiger charge is 2.15. The molecule has 0 aliphatic heterocycles. The maximum atomic E-state index is 5.15. The summed E-state index contributed by atoms with van der Waals surface area (Å²) < 4.78 is 5.15. The number of halogens is 1. The molecular formula is C15H24IN3O. The maximum absolute atomic E-state index is 5.15. The standard InChI is InChI=1S/C15H23N3O.HI/c1-16-15(18-13-5-3-4-6-13)17-11-12-7-9-14(19-2)10-8-12;/h7-10,13H,3-6,11H2,1-2H3,(H2,16,17,18);1H. The second-order valence-corrected chi connectivity index (χ2v) is 4.90. The second kappa shape index (κ2) is 9.05. The zero-order valence-electron chi connectivity index (χ0n) is 12.2. The Bertz CT molecular complexity index is 414. The number of aliphatic imine (C=N–C) groups is 1. The van der Waals surface area contributed by atoms with Crippen molar-refractivity contribution in [2.45, 2.75) is 38.3 Å². The van der Waals surface area contributed by atoms with Crippen molar-refractivity contribution < 1.29 is 4.74 Å². The van der Waals surface area contributed by atoms with Gasteiger partial charge in [0.25, 0.3) is 0 Å². The Hall–Kier alpha value is -0.980. The van der Waals surface area contributed by atoms with Gasteiger partial charge in [-0.2, -0.15) is 0 Å². The van der Waals surface area contributed by atoms with Gasteiger partial charge in [0.15, 0.2) is 5.96 Å². The molecular weight excluding hydrogens is 365 g/mol. The van der Waals surface area contributed by atoms with Crippen LogP contribution in [0.1, 0.15) is 31.2 Å². The topological polar surface area (TPSA) is 45.7 Å². The number of rotatable bonds is 4. The third-order valence-electron chi connectivity index (χ3n) is 3.54. The molecule has 20 heavy (non-hydrogen) atoms. The minimum absolute atomic E-state index is 0. The van der Waals surface area contributed by atoms with Gasteiger partial charge in [-0.3, -0.25) is 4.99 Å². The van der Waals surface area contributed by atoms with Crippen LogP contribution in [-0.4, -0.2) is 26.2 Å². The Balaban J connectivity index is 0.00000200. The fourth-order valence-electron chi connectivity index (χ4n) is 2.39. The predicted molar refractivity (Wildman–Crippen MR) is 94.0 cm³/mol. The van der Waals surface area contributed by atoms with E-state index in [1.54, 1.807) is 7.11 Å². The highest BCUT2D eigenvalue weighted by atomic mass is 127. The summed E-state index contributed by atoms with van der Waals surface area (Å²) in [5, 5.41) is 6.82. The summed E-state index contributed by atoms with van der Waals surface area (Å²) in [6, 6.07) is 8.67. The molecule has 0 radical (unpaired) electrons. The zero-order chi connectivity index (χ0) is 13.5. The van der Waals surface area contributed by atoms with E-state index in [2.05, 4.69) is 27.8 Å². The molecule has 0 aromatic heterocycles. The summed E-state index contributed by atoms with van der Waals surface area (Å²) >= 11 is 0. The van der Waals surface area contributed by atoms with Gasteiger partial charge in [-0.05, 0) is 30.5 Å². The van der Waals surface area contributed by atoms with E-state index in [9.17, 15) is 0 Å². The molecule has 0 unspecified atom stereocenters. The SMILES string of the molecule is CN=C(NCc1ccc(OC)cc1)NC1CCCC1.I. The van der Waals surface area contributed by atoms with Gasteiger partial charge in [0, 0.05) is 19.6 Å². The number of hydrogen-bond donors (Lipinski definition) is 2. The van der Waals surface area contributed by atoms with Crippen LogP contribution in [0, 0.1) is 0 Å². The first-order valence-corrected chi connectivity index (χ1v) is 6.92. The Morgan fingerprint density at radius 3 is 2.45 bits per heavy atom. The van der Waals surface area contributed by atoms with Gasteiger partial charge >= 0.3 is 0 Å². The van der Waals surface area contributed by atoms with Crippen LogP contribution >= 0.6 is 24.0 Å². The Kier molecular flexibility index (Phi) is 7.72. The first kappa shape index (κ1) is 17.1. The molecule has 1 aromatic carbocycles. The Morgan fingerprint density at radius 2 is 1.90 bits per heavy atom. The number of benzene rings is 1. The lowest BCUT2D eigenvalue weighted by molar-refractivity contribution is 0.414. The Morgan fingerprint density at radius 1 is 1.25 bits per heavy atom. The normalized spacial score (nSPS) is 15.6. The first-order chi connectivity index (χ1) is 9.31. The van der Waals surface area contributed by atoms with E-state index in [1.165, 1.54) is 31.2 Å². The number of methoxy groups -OCH3 is 1. The van der Waals surface area contributed by atoms with E-state index in [0.717, 1.165) is 18.3 Å². The van der Waals surface area contributed by atoms with Crippen molar-refractivity contribution in [3.63, 3.8) is 0 Å². The van der Waals surface area contributed by atoms with E-state index in [-0.39, 0.29) is 24.0 Å². The summed E-state index contributed by atoms with van der Waals surface area (Å²) in [6.07, 6.45) is 5.16. The van der Waals surface area contributed by atoms with Crippen molar-refractivity contribution in [1.29, 1.82) is 0 Å². The minimum atomic E-state index is 0. The van der Waals surface area contributed by atoms with Crippen LogP contribution < -0.4 is 15.4 Å². The van der Waals surface area contributed by atoms with Crippen molar-refractivity contribution >= 4 is 29.9 Å². The van der Waals surface area contributed by atoms with Crippen LogP contribution in [-0.2, 0) is 6.54 Å². The van der Waals surface area contributed by atoms with Gasteiger partial charge in [-0.1, -0.05) is 25.0 Å². The molecule has 1 aliphatic carbocycles. The largest absolute Gasteiger partial charge is 0.497 e. The fraction of sp³-hybridized carbons (Fsp3) is 0.533. The first-order valence-electron chi connectivity index (χ1n) is 6.92. The second-order valence-electron chi connectivity index (χ2n) is 4.90. The molecule has 1 fully saturated rings. The molecule has 5 heteroatoms. The minimum Gasteiger partial charge on any atom is -0.497 e. The number of nitrogens with zero attached hydrogens (tertiary/aromatic N) is 1. The van der Waals surface area contributed by atoms with Crippen LogP contribution in [0.3, 0.4) is 0 Å². The molecule has 2 rings (SSSR count). The lowest BCUT2D eigenvalue weighted by Gasteiger charge is -2.16. The molecule has 1 saturated carbocycles. The van der Waals surface area contributed by atoms with E-state index in [4.69, 9.17) is 4.74 Å². The van der Waals surface area contributed by atoms with Gasteiger partial charge in [-0.25, -0.2) is 0 Å². The molecule has 2 N–H and O–H groups in total. The quantitative estimate of drug-likeness (QED) is 0.473. The highest BCUT2D eigenvalue weighted by molar-refractivity contribution is 14.0. The maximum Gasteiger partial charge on any atom is 0.191 e. The lowest BCUT2D eigenvalue weighted by Crippen LogP contribution is -2.41. The third kappa shape index (κ3) is 5.19. The molecule has 0 spiro atoms. The third-order valence-corrected chi connectivity index (χ3v) is 3.54. The molecule has 0 amide bonds. The highest BCUT2D eigenvalue weighted by Crippen LogP contribution is 2.17. The summed E-state index contributed by atoms with van der Waals surface area (Å²) in [4.78, 5) is 4.27. The summed E-state index contributed by atoms with van der Waals surface area (Å²) in [5.41, 5.74) is 1.22. The molecule has 0 atom stereocenters. The smallest absolute Gasteiger partial charge is 0.191 e. The van der Waals surface area contributed by atoms with Crippen molar-refractivity contribution in [2.24, 2.45) is 4.99 Å². The number of guanidine groups is 1. The van der Waals surface area contributed by atoms with Crippen molar-refractivity contribution in [1.82, 2.24) is 10.6 Å². The summed E-state index contributed by atoms with van der Waals surface area (Å²) in [5.74, 6) is 1.78. The number of nitrogens with one attached hydrogen (secondary N) is 2. The van der Waals surface area contributed by atoms with Gasteiger partial charge in [0.2, 0.25) is 0 Å². The van der Waals surface area contributed by atoms with Gasteiger partial charge in [-0.15, -0.1) is 24.0 Å². The molecule has 0 saturated heterocycles. The number of ether oxygens (including phenoxy) is 1.